The fraction of sp³-hybridized carbons (Fsp3) is 0.261. The first-order chi connectivity index (χ1) is 14.3. The van der Waals surface area contributed by atoms with Gasteiger partial charge in [0.1, 0.15) is 18.1 Å². The van der Waals surface area contributed by atoms with Crippen LogP contribution in [0.3, 0.4) is 0 Å². The molecular formula is C23H25N3O4. The van der Waals surface area contributed by atoms with Crippen LogP contribution in [-0.4, -0.2) is 27.9 Å². The fourth-order valence-corrected chi connectivity index (χ4v) is 3.05. The van der Waals surface area contributed by atoms with E-state index in [1.807, 2.05) is 24.3 Å². The van der Waals surface area contributed by atoms with Gasteiger partial charge >= 0.3 is 5.97 Å². The molecule has 30 heavy (non-hydrogen) atoms. The summed E-state index contributed by atoms with van der Waals surface area (Å²) in [5.41, 5.74) is 3.25. The Morgan fingerprint density at radius 2 is 1.93 bits per heavy atom. The second-order valence-electron chi connectivity index (χ2n) is 7.17. The molecule has 0 aliphatic carbocycles. The summed E-state index contributed by atoms with van der Waals surface area (Å²) < 4.78 is 11.0. The van der Waals surface area contributed by atoms with Gasteiger partial charge in [0.25, 0.3) is 5.91 Å². The van der Waals surface area contributed by atoms with Crippen molar-refractivity contribution in [2.45, 2.75) is 40.4 Å². The van der Waals surface area contributed by atoms with Gasteiger partial charge in [-0.05, 0) is 57.5 Å². The SMILES string of the molecule is Cc1[nH]c(C(=O)Nc2cccc(OCc3ccccn3)c2)c(C)c1C(=O)OC(C)C. The monoisotopic (exact) mass is 407 g/mol. The highest BCUT2D eigenvalue weighted by Gasteiger charge is 2.23. The number of amides is 1. The zero-order valence-electron chi connectivity index (χ0n) is 17.5. The molecule has 0 aliphatic rings. The van der Waals surface area contributed by atoms with Crippen molar-refractivity contribution >= 4 is 17.6 Å². The lowest BCUT2D eigenvalue weighted by atomic mass is 10.1. The highest BCUT2D eigenvalue weighted by Crippen LogP contribution is 2.23. The molecule has 0 aliphatic heterocycles. The number of aryl methyl sites for hydroxylation is 1. The number of aromatic nitrogens is 2. The van der Waals surface area contributed by atoms with E-state index < -0.39 is 5.97 Å². The predicted octanol–water partition coefficient (Wildman–Crippen LogP) is 4.42. The normalized spacial score (nSPS) is 10.7. The molecule has 0 unspecified atom stereocenters. The number of pyridine rings is 1. The number of nitrogens with one attached hydrogen (secondary N) is 2. The molecule has 0 bridgehead atoms. The number of H-pyrrole nitrogens is 1. The average molecular weight is 407 g/mol. The molecule has 2 aromatic heterocycles. The minimum atomic E-state index is -0.444. The number of hydrogen-bond acceptors (Lipinski definition) is 5. The quantitative estimate of drug-likeness (QED) is 0.566. The van der Waals surface area contributed by atoms with Crippen LogP contribution >= 0.6 is 0 Å². The number of benzene rings is 1. The van der Waals surface area contributed by atoms with E-state index in [1.54, 1.807) is 52.1 Å². The lowest BCUT2D eigenvalue weighted by Gasteiger charge is -2.09. The Bertz CT molecular complexity index is 1040. The molecular weight excluding hydrogens is 382 g/mol. The van der Waals surface area contributed by atoms with E-state index in [0.717, 1.165) is 5.69 Å². The van der Waals surface area contributed by atoms with Gasteiger partial charge in [-0.25, -0.2) is 4.79 Å². The number of carbonyl (C=O) groups excluding carboxylic acids is 2. The molecule has 0 saturated heterocycles. The third-order valence-corrected chi connectivity index (χ3v) is 4.42. The Hall–Kier alpha value is -3.61. The second-order valence-corrected chi connectivity index (χ2v) is 7.17. The average Bonchev–Trinajstić information content (AvgIpc) is 3.01. The van der Waals surface area contributed by atoms with Gasteiger partial charge in [0.05, 0.1) is 17.4 Å². The molecule has 156 valence electrons. The van der Waals surface area contributed by atoms with Gasteiger partial charge in [0, 0.05) is 23.6 Å². The standard InChI is InChI=1S/C23H25N3O4/c1-14(2)30-23(28)20-15(3)21(25-16(20)4)22(27)26-17-9-7-10-19(12-17)29-13-18-8-5-6-11-24-18/h5-12,14,25H,13H2,1-4H3,(H,26,27). The molecule has 3 aromatic rings. The van der Waals surface area contributed by atoms with E-state index in [-0.39, 0.29) is 12.0 Å². The van der Waals surface area contributed by atoms with E-state index in [1.165, 1.54) is 0 Å². The summed E-state index contributed by atoms with van der Waals surface area (Å²) >= 11 is 0. The Morgan fingerprint density at radius 3 is 2.63 bits per heavy atom. The van der Waals surface area contributed by atoms with E-state index in [2.05, 4.69) is 15.3 Å². The van der Waals surface area contributed by atoms with Crippen LogP contribution in [0.4, 0.5) is 5.69 Å². The Kier molecular flexibility index (Phi) is 6.51. The molecule has 3 rings (SSSR count). The Morgan fingerprint density at radius 1 is 1.13 bits per heavy atom. The summed E-state index contributed by atoms with van der Waals surface area (Å²) in [7, 11) is 0. The third kappa shape index (κ3) is 5.05. The molecule has 0 saturated carbocycles. The van der Waals surface area contributed by atoms with Crippen molar-refractivity contribution in [3.05, 3.63) is 76.9 Å². The number of anilines is 1. The number of aromatic amines is 1. The van der Waals surface area contributed by atoms with Crippen LogP contribution in [0.2, 0.25) is 0 Å². The first kappa shape index (κ1) is 21.1. The summed E-state index contributed by atoms with van der Waals surface area (Å²) in [6.45, 7) is 7.36. The molecule has 7 heteroatoms. The van der Waals surface area contributed by atoms with Gasteiger partial charge in [-0.2, -0.15) is 0 Å². The van der Waals surface area contributed by atoms with Crippen molar-refractivity contribution in [1.82, 2.24) is 9.97 Å². The topological polar surface area (TPSA) is 93.3 Å². The first-order valence-corrected chi connectivity index (χ1v) is 9.69. The highest BCUT2D eigenvalue weighted by molar-refractivity contribution is 6.06. The Labute approximate surface area is 175 Å². The van der Waals surface area contributed by atoms with Crippen LogP contribution in [-0.2, 0) is 11.3 Å². The lowest BCUT2D eigenvalue weighted by molar-refractivity contribution is 0.0376. The molecule has 1 amide bonds. The smallest absolute Gasteiger partial charge is 0.340 e. The number of carbonyl (C=O) groups is 2. The lowest BCUT2D eigenvalue weighted by Crippen LogP contribution is -2.15. The number of hydrogen-bond donors (Lipinski definition) is 2. The number of ether oxygens (including phenoxy) is 2. The summed E-state index contributed by atoms with van der Waals surface area (Å²) in [5.74, 6) is -0.180. The molecule has 2 heterocycles. The number of nitrogens with zero attached hydrogens (tertiary/aromatic N) is 1. The van der Waals surface area contributed by atoms with E-state index in [0.29, 0.717) is 40.6 Å². The van der Waals surface area contributed by atoms with Crippen LogP contribution in [0, 0.1) is 13.8 Å². The van der Waals surface area contributed by atoms with Gasteiger partial charge in [-0.3, -0.25) is 9.78 Å². The molecule has 1 aromatic carbocycles. The first-order valence-electron chi connectivity index (χ1n) is 9.69. The van der Waals surface area contributed by atoms with Crippen molar-refractivity contribution < 1.29 is 19.1 Å². The summed E-state index contributed by atoms with van der Waals surface area (Å²) in [6, 6.07) is 12.7. The maximum absolute atomic E-state index is 12.8. The zero-order chi connectivity index (χ0) is 21.7. The molecule has 7 nitrogen and oxygen atoms in total. The van der Waals surface area contributed by atoms with Crippen molar-refractivity contribution in [2.24, 2.45) is 0 Å². The minimum Gasteiger partial charge on any atom is -0.487 e. The molecule has 0 atom stereocenters. The van der Waals surface area contributed by atoms with Gasteiger partial charge in [-0.15, -0.1) is 0 Å². The van der Waals surface area contributed by atoms with Crippen LogP contribution in [0.15, 0.2) is 48.7 Å². The van der Waals surface area contributed by atoms with Crippen LogP contribution < -0.4 is 10.1 Å². The van der Waals surface area contributed by atoms with Crippen molar-refractivity contribution in [3.8, 4) is 5.75 Å². The van der Waals surface area contributed by atoms with Crippen LogP contribution in [0.1, 0.15) is 51.6 Å². The summed E-state index contributed by atoms with van der Waals surface area (Å²) in [4.78, 5) is 32.3. The molecule has 0 radical (unpaired) electrons. The predicted molar refractivity (Wildman–Crippen MR) is 114 cm³/mol. The largest absolute Gasteiger partial charge is 0.487 e. The maximum Gasteiger partial charge on any atom is 0.340 e. The van der Waals surface area contributed by atoms with Crippen LogP contribution in [0.25, 0.3) is 0 Å². The molecule has 0 fully saturated rings. The van der Waals surface area contributed by atoms with Gasteiger partial charge < -0.3 is 19.8 Å². The number of rotatable bonds is 7. The van der Waals surface area contributed by atoms with Crippen molar-refractivity contribution in [3.63, 3.8) is 0 Å². The van der Waals surface area contributed by atoms with Crippen LogP contribution in [0.5, 0.6) is 5.75 Å². The highest BCUT2D eigenvalue weighted by atomic mass is 16.5. The molecule has 2 N–H and O–H groups in total. The second kappa shape index (κ2) is 9.26. The Balaban J connectivity index is 1.71. The van der Waals surface area contributed by atoms with Gasteiger partial charge in [-0.1, -0.05) is 12.1 Å². The van der Waals surface area contributed by atoms with Crippen molar-refractivity contribution in [1.29, 1.82) is 0 Å². The molecule has 0 spiro atoms. The fourth-order valence-electron chi connectivity index (χ4n) is 3.05. The van der Waals surface area contributed by atoms with E-state index in [9.17, 15) is 9.59 Å². The maximum atomic E-state index is 12.8. The van der Waals surface area contributed by atoms with Gasteiger partial charge in [0.15, 0.2) is 0 Å². The van der Waals surface area contributed by atoms with E-state index >= 15 is 0 Å². The zero-order valence-corrected chi connectivity index (χ0v) is 17.5. The van der Waals surface area contributed by atoms with Gasteiger partial charge in [0.2, 0.25) is 0 Å². The summed E-state index contributed by atoms with van der Waals surface area (Å²) in [5, 5.41) is 2.84. The third-order valence-electron chi connectivity index (χ3n) is 4.42. The van der Waals surface area contributed by atoms with Crippen molar-refractivity contribution in [2.75, 3.05) is 5.32 Å². The minimum absolute atomic E-state index is 0.239. The van der Waals surface area contributed by atoms with E-state index in [4.69, 9.17) is 9.47 Å². The summed E-state index contributed by atoms with van der Waals surface area (Å²) in [6.07, 6.45) is 1.47. The number of esters is 1.